The van der Waals surface area contributed by atoms with E-state index >= 15 is 0 Å². The highest BCUT2D eigenvalue weighted by Crippen LogP contribution is 2.29. The number of nitrogens with one attached hydrogen (secondary N) is 1. The zero-order valence-electron chi connectivity index (χ0n) is 11.5. The van der Waals surface area contributed by atoms with E-state index < -0.39 is 6.03 Å². The number of amides is 2. The maximum absolute atomic E-state index is 10.9. The summed E-state index contributed by atoms with van der Waals surface area (Å²) >= 11 is 0. The number of nitrogens with two attached hydrogens (primary N) is 1. The number of carbonyl (C=O) groups excluding carboxylic acids is 1. The average molecular weight is 270 g/mol. The predicted molar refractivity (Wildman–Crippen MR) is 79.8 cm³/mol. The lowest BCUT2D eigenvalue weighted by Crippen LogP contribution is -2.40. The number of rotatable bonds is 2. The minimum Gasteiger partial charge on any atom is -0.369 e. The third kappa shape index (κ3) is 2.39. The lowest BCUT2D eigenvalue weighted by Gasteiger charge is -2.21. The predicted octanol–water partition coefficient (Wildman–Crippen LogP) is 1.79. The quantitative estimate of drug-likeness (QED) is 0.874. The van der Waals surface area contributed by atoms with E-state index in [0.29, 0.717) is 0 Å². The second kappa shape index (κ2) is 5.00. The lowest BCUT2D eigenvalue weighted by atomic mass is 10.1. The van der Waals surface area contributed by atoms with Crippen molar-refractivity contribution in [1.82, 2.24) is 10.3 Å². The molecule has 5 nitrogen and oxygen atoms in total. The molecule has 0 spiro atoms. The molecule has 1 aromatic carbocycles. The Labute approximate surface area is 117 Å². The fourth-order valence-electron chi connectivity index (χ4n) is 2.83. The van der Waals surface area contributed by atoms with E-state index in [0.717, 1.165) is 30.6 Å². The van der Waals surface area contributed by atoms with E-state index in [4.69, 9.17) is 5.73 Å². The van der Waals surface area contributed by atoms with Gasteiger partial charge in [0.2, 0.25) is 0 Å². The summed E-state index contributed by atoms with van der Waals surface area (Å²) in [7, 11) is 0. The van der Waals surface area contributed by atoms with Gasteiger partial charge in [0, 0.05) is 47.5 Å². The van der Waals surface area contributed by atoms with Crippen LogP contribution in [0, 0.1) is 6.92 Å². The molecule has 104 valence electrons. The van der Waals surface area contributed by atoms with Gasteiger partial charge in [0.1, 0.15) is 0 Å². The van der Waals surface area contributed by atoms with E-state index in [1.54, 1.807) is 0 Å². The van der Waals surface area contributed by atoms with Crippen molar-refractivity contribution in [2.45, 2.75) is 19.4 Å². The number of fused-ring (bicyclic) bond motifs is 1. The second-order valence-corrected chi connectivity index (χ2v) is 5.26. The summed E-state index contributed by atoms with van der Waals surface area (Å²) in [6.45, 7) is 3.71. The summed E-state index contributed by atoms with van der Waals surface area (Å²) in [6, 6.07) is 8.03. The van der Waals surface area contributed by atoms with Gasteiger partial charge in [-0.1, -0.05) is 12.1 Å². The van der Waals surface area contributed by atoms with E-state index in [1.807, 2.05) is 19.2 Å². The van der Waals surface area contributed by atoms with E-state index in [1.165, 1.54) is 11.1 Å². The van der Waals surface area contributed by atoms with Crippen molar-refractivity contribution in [2.24, 2.45) is 5.73 Å². The average Bonchev–Trinajstić information content (AvgIpc) is 2.85. The van der Waals surface area contributed by atoms with Gasteiger partial charge in [0.15, 0.2) is 0 Å². The Morgan fingerprint density at radius 2 is 2.35 bits per heavy atom. The zero-order chi connectivity index (χ0) is 14.1. The summed E-state index contributed by atoms with van der Waals surface area (Å²) in [6.07, 6.45) is 2.83. The van der Waals surface area contributed by atoms with Crippen LogP contribution in [0.2, 0.25) is 0 Å². The van der Waals surface area contributed by atoms with Crippen LogP contribution in [0.3, 0.4) is 0 Å². The molecule has 1 aliphatic heterocycles. The third-order valence-electron chi connectivity index (χ3n) is 3.75. The molecule has 1 atom stereocenters. The first-order chi connectivity index (χ1) is 9.63. The van der Waals surface area contributed by atoms with Crippen molar-refractivity contribution < 1.29 is 4.79 Å². The highest BCUT2D eigenvalue weighted by Gasteiger charge is 2.24. The van der Waals surface area contributed by atoms with Crippen molar-refractivity contribution in [3.63, 3.8) is 0 Å². The van der Waals surface area contributed by atoms with Gasteiger partial charge in [-0.05, 0) is 25.5 Å². The molecular formula is C15H18N4O. The Morgan fingerprint density at radius 3 is 3.15 bits per heavy atom. The number of hydrogen-bond donors (Lipinski definition) is 2. The first kappa shape index (κ1) is 12.7. The number of pyridine rings is 1. The van der Waals surface area contributed by atoms with Gasteiger partial charge in [0.25, 0.3) is 0 Å². The SMILES string of the molecule is Cc1cc2c(N3CCC(NC(N)=O)C3)cccc2cn1. The molecular weight excluding hydrogens is 252 g/mol. The Balaban J connectivity index is 1.91. The van der Waals surface area contributed by atoms with Gasteiger partial charge in [-0.15, -0.1) is 0 Å². The smallest absolute Gasteiger partial charge is 0.312 e. The molecule has 2 amide bonds. The van der Waals surface area contributed by atoms with Crippen LogP contribution in [0.15, 0.2) is 30.5 Å². The van der Waals surface area contributed by atoms with E-state index in [2.05, 4.69) is 33.4 Å². The van der Waals surface area contributed by atoms with Gasteiger partial charge >= 0.3 is 6.03 Å². The first-order valence-corrected chi connectivity index (χ1v) is 6.80. The Bertz CT molecular complexity index is 655. The standard InChI is InChI=1S/C15H18N4O/c1-10-7-13-11(8-17-10)3-2-4-14(13)19-6-5-12(9-19)18-15(16)20/h2-4,7-8,12H,5-6,9H2,1H3,(H3,16,18,20). The summed E-state index contributed by atoms with van der Waals surface area (Å²) < 4.78 is 0. The highest BCUT2D eigenvalue weighted by atomic mass is 16.2. The summed E-state index contributed by atoms with van der Waals surface area (Å²) in [5, 5.41) is 5.13. The van der Waals surface area contributed by atoms with Crippen LogP contribution < -0.4 is 16.0 Å². The van der Waals surface area contributed by atoms with Crippen molar-refractivity contribution in [3.05, 3.63) is 36.2 Å². The van der Waals surface area contributed by atoms with Gasteiger partial charge in [-0.2, -0.15) is 0 Å². The van der Waals surface area contributed by atoms with Crippen LogP contribution in [-0.2, 0) is 0 Å². The summed E-state index contributed by atoms with van der Waals surface area (Å²) in [4.78, 5) is 17.6. The van der Waals surface area contributed by atoms with Crippen LogP contribution in [-0.4, -0.2) is 30.1 Å². The first-order valence-electron chi connectivity index (χ1n) is 6.80. The molecule has 20 heavy (non-hydrogen) atoms. The van der Waals surface area contributed by atoms with Crippen molar-refractivity contribution in [2.75, 3.05) is 18.0 Å². The largest absolute Gasteiger partial charge is 0.369 e. The summed E-state index contributed by atoms with van der Waals surface area (Å²) in [5.41, 5.74) is 7.40. The van der Waals surface area contributed by atoms with Crippen LogP contribution >= 0.6 is 0 Å². The van der Waals surface area contributed by atoms with Crippen LogP contribution in [0.25, 0.3) is 10.8 Å². The molecule has 0 aliphatic carbocycles. The number of carbonyl (C=O) groups is 1. The number of urea groups is 1. The second-order valence-electron chi connectivity index (χ2n) is 5.26. The molecule has 1 unspecified atom stereocenters. The topological polar surface area (TPSA) is 71.2 Å². The fourth-order valence-corrected chi connectivity index (χ4v) is 2.83. The number of aromatic nitrogens is 1. The Kier molecular flexibility index (Phi) is 3.18. The number of aryl methyl sites for hydroxylation is 1. The van der Waals surface area contributed by atoms with Crippen LogP contribution in [0.5, 0.6) is 0 Å². The number of hydrogen-bond acceptors (Lipinski definition) is 3. The van der Waals surface area contributed by atoms with Crippen LogP contribution in [0.1, 0.15) is 12.1 Å². The minimum absolute atomic E-state index is 0.130. The summed E-state index contributed by atoms with van der Waals surface area (Å²) in [5.74, 6) is 0. The normalized spacial score (nSPS) is 18.4. The van der Waals surface area contributed by atoms with Gasteiger partial charge in [-0.3, -0.25) is 4.98 Å². The third-order valence-corrected chi connectivity index (χ3v) is 3.75. The van der Waals surface area contributed by atoms with Crippen molar-refractivity contribution in [3.8, 4) is 0 Å². The molecule has 5 heteroatoms. The molecule has 3 N–H and O–H groups in total. The molecule has 1 aliphatic rings. The van der Waals surface area contributed by atoms with Gasteiger partial charge in [-0.25, -0.2) is 4.79 Å². The number of benzene rings is 1. The number of primary amides is 1. The highest BCUT2D eigenvalue weighted by molar-refractivity contribution is 5.94. The van der Waals surface area contributed by atoms with Gasteiger partial charge < -0.3 is 16.0 Å². The number of nitrogens with zero attached hydrogens (tertiary/aromatic N) is 2. The fraction of sp³-hybridized carbons (Fsp3) is 0.333. The van der Waals surface area contributed by atoms with Gasteiger partial charge in [0.05, 0.1) is 0 Å². The monoisotopic (exact) mass is 270 g/mol. The Hall–Kier alpha value is -2.30. The maximum atomic E-state index is 10.9. The zero-order valence-corrected chi connectivity index (χ0v) is 11.5. The minimum atomic E-state index is -0.449. The van der Waals surface area contributed by atoms with Crippen LogP contribution in [0.4, 0.5) is 10.5 Å². The molecule has 0 saturated carbocycles. The van der Waals surface area contributed by atoms with Crippen molar-refractivity contribution >= 4 is 22.5 Å². The molecule has 1 fully saturated rings. The molecule has 2 aromatic rings. The molecule has 0 bridgehead atoms. The molecule has 1 aromatic heterocycles. The van der Waals surface area contributed by atoms with Crippen molar-refractivity contribution in [1.29, 1.82) is 0 Å². The number of anilines is 1. The molecule has 2 heterocycles. The Morgan fingerprint density at radius 1 is 1.50 bits per heavy atom. The van der Waals surface area contributed by atoms with E-state index in [-0.39, 0.29) is 6.04 Å². The molecule has 3 rings (SSSR count). The van der Waals surface area contributed by atoms with E-state index in [9.17, 15) is 4.79 Å². The molecule has 0 radical (unpaired) electrons. The molecule has 1 saturated heterocycles. The lowest BCUT2D eigenvalue weighted by molar-refractivity contribution is 0.246. The maximum Gasteiger partial charge on any atom is 0.312 e.